The van der Waals surface area contributed by atoms with Crippen molar-refractivity contribution in [2.45, 2.75) is 37.6 Å². The lowest BCUT2D eigenvalue weighted by Crippen LogP contribution is -2.48. The predicted molar refractivity (Wildman–Crippen MR) is 114 cm³/mol. The summed E-state index contributed by atoms with van der Waals surface area (Å²) < 4.78 is 43.0. The van der Waals surface area contributed by atoms with E-state index in [4.69, 9.17) is 0 Å². The maximum Gasteiger partial charge on any atom is 0.257 e. The third kappa shape index (κ3) is 3.05. The average Bonchev–Trinajstić information content (AvgIpc) is 3.24. The molecule has 1 aliphatic carbocycles. The van der Waals surface area contributed by atoms with Gasteiger partial charge in [0.15, 0.2) is 0 Å². The van der Waals surface area contributed by atoms with Crippen LogP contribution in [0.3, 0.4) is 0 Å². The Morgan fingerprint density at radius 1 is 1.19 bits per heavy atom. The topological polar surface area (TPSA) is 58.7 Å². The third-order valence-corrected chi connectivity index (χ3v) is 6.53. The fourth-order valence-corrected chi connectivity index (χ4v) is 4.94. The Bertz CT molecular complexity index is 1340. The van der Waals surface area contributed by atoms with Crippen molar-refractivity contribution in [3.8, 4) is 11.8 Å². The molecule has 4 heterocycles. The number of benzene rings is 1. The highest BCUT2D eigenvalue weighted by atomic mass is 19.3. The number of hydrogen-bond donors (Lipinski definition) is 0. The lowest BCUT2D eigenvalue weighted by Gasteiger charge is -2.41. The van der Waals surface area contributed by atoms with Crippen LogP contribution < -0.4 is 4.90 Å². The third-order valence-electron chi connectivity index (χ3n) is 6.53. The minimum Gasteiger partial charge on any atom is -0.347 e. The molecule has 2 unspecified atom stereocenters. The van der Waals surface area contributed by atoms with Crippen LogP contribution in [0.15, 0.2) is 41.3 Å². The van der Waals surface area contributed by atoms with Gasteiger partial charge in [-0.25, -0.2) is 13.2 Å². The summed E-state index contributed by atoms with van der Waals surface area (Å²) in [6.45, 7) is 0.684. The predicted octanol–water partition coefficient (Wildman–Crippen LogP) is 4.02. The van der Waals surface area contributed by atoms with Crippen LogP contribution in [0.5, 0.6) is 0 Å². The van der Waals surface area contributed by atoms with Gasteiger partial charge in [0, 0.05) is 49.2 Å². The van der Waals surface area contributed by atoms with Gasteiger partial charge in [-0.15, -0.1) is 10.2 Å². The number of piperidine rings is 1. The monoisotopic (exact) mass is 436 g/mol. The Morgan fingerprint density at radius 2 is 2.06 bits per heavy atom. The molecule has 2 aromatic heterocycles. The number of rotatable bonds is 1. The van der Waals surface area contributed by atoms with Crippen molar-refractivity contribution in [3.63, 3.8) is 0 Å². The molecule has 32 heavy (non-hydrogen) atoms. The van der Waals surface area contributed by atoms with E-state index in [-0.39, 0.29) is 36.5 Å². The summed E-state index contributed by atoms with van der Waals surface area (Å²) in [7, 11) is 0. The molecule has 162 valence electrons. The maximum absolute atomic E-state index is 15.0. The van der Waals surface area contributed by atoms with Gasteiger partial charge >= 0.3 is 0 Å². The maximum atomic E-state index is 15.0. The molecule has 0 spiro atoms. The van der Waals surface area contributed by atoms with Crippen LogP contribution in [0, 0.1) is 29.5 Å². The molecule has 2 aliphatic heterocycles. The molecule has 2 fully saturated rings. The van der Waals surface area contributed by atoms with Crippen molar-refractivity contribution >= 4 is 28.7 Å². The number of nitrogens with zero attached hydrogens (tertiary/aromatic N) is 6. The van der Waals surface area contributed by atoms with Crippen molar-refractivity contribution in [1.29, 1.82) is 0 Å². The second-order valence-corrected chi connectivity index (χ2v) is 8.62. The summed E-state index contributed by atoms with van der Waals surface area (Å²) in [5.74, 6) is 3.86. The first-order chi connectivity index (χ1) is 15.5. The Morgan fingerprint density at radius 3 is 2.91 bits per heavy atom. The Labute approximate surface area is 181 Å². The summed E-state index contributed by atoms with van der Waals surface area (Å²) in [4.78, 5) is 11.1. The van der Waals surface area contributed by atoms with Crippen LogP contribution in [-0.4, -0.2) is 44.3 Å². The highest BCUT2D eigenvalue weighted by Crippen LogP contribution is 2.42. The molecule has 6 rings (SSSR count). The number of anilines is 1. The summed E-state index contributed by atoms with van der Waals surface area (Å²) in [5.41, 5.74) is 1.48. The standard InChI is InChI=1S/C23H19F3N6/c24-17-4-1-5-18-20(17)21(29-22-30-28-13-32(18)22)31-8-2-3-16-15(11-27-12-19(16)31)7-6-14-9-23(25,26)10-14/h1,4-5,11-14,16,19H,2-3,8-10H2. The molecule has 1 saturated heterocycles. The van der Waals surface area contributed by atoms with Crippen LogP contribution in [0.2, 0.25) is 0 Å². The van der Waals surface area contributed by atoms with Gasteiger partial charge in [-0.3, -0.25) is 9.39 Å². The number of alkyl halides is 2. The molecule has 6 nitrogen and oxygen atoms in total. The summed E-state index contributed by atoms with van der Waals surface area (Å²) in [6, 6.07) is 4.75. The number of hydrogen-bond acceptors (Lipinski definition) is 5. The number of halogens is 3. The first kappa shape index (κ1) is 19.3. The van der Waals surface area contributed by atoms with E-state index < -0.39 is 5.92 Å². The smallest absolute Gasteiger partial charge is 0.257 e. The second-order valence-electron chi connectivity index (χ2n) is 8.62. The molecule has 3 aromatic rings. The van der Waals surface area contributed by atoms with Gasteiger partial charge in [-0.2, -0.15) is 4.98 Å². The van der Waals surface area contributed by atoms with Crippen LogP contribution in [-0.2, 0) is 0 Å². The van der Waals surface area contributed by atoms with Gasteiger partial charge in [-0.1, -0.05) is 17.9 Å². The Kier molecular flexibility index (Phi) is 4.25. The normalized spacial score (nSPS) is 24.6. The van der Waals surface area contributed by atoms with Gasteiger partial charge in [0.25, 0.3) is 11.7 Å². The van der Waals surface area contributed by atoms with Gasteiger partial charge in [0.1, 0.15) is 18.0 Å². The van der Waals surface area contributed by atoms with Gasteiger partial charge in [-0.05, 0) is 25.0 Å². The molecule has 0 bridgehead atoms. The van der Waals surface area contributed by atoms with E-state index >= 15 is 4.39 Å². The van der Waals surface area contributed by atoms with Crippen molar-refractivity contribution in [2.24, 2.45) is 16.8 Å². The molecular formula is C23H19F3N6. The Hall–Kier alpha value is -3.41. The Balaban J connectivity index is 1.38. The van der Waals surface area contributed by atoms with E-state index in [1.54, 1.807) is 16.7 Å². The second kappa shape index (κ2) is 7.05. The van der Waals surface area contributed by atoms with E-state index in [2.05, 4.69) is 36.9 Å². The lowest BCUT2D eigenvalue weighted by molar-refractivity contribution is -0.0936. The first-order valence-electron chi connectivity index (χ1n) is 10.7. The van der Waals surface area contributed by atoms with Crippen molar-refractivity contribution in [1.82, 2.24) is 19.6 Å². The van der Waals surface area contributed by atoms with Crippen LogP contribution in [0.1, 0.15) is 25.7 Å². The molecule has 1 aromatic carbocycles. The zero-order valence-corrected chi connectivity index (χ0v) is 17.0. The lowest BCUT2D eigenvalue weighted by atomic mass is 9.80. The fraction of sp³-hybridized carbons (Fsp3) is 0.391. The number of fused-ring (bicyclic) bond motifs is 4. The zero-order chi connectivity index (χ0) is 21.9. The zero-order valence-electron chi connectivity index (χ0n) is 17.0. The fourth-order valence-electron chi connectivity index (χ4n) is 4.94. The molecule has 9 heteroatoms. The van der Waals surface area contributed by atoms with E-state index in [1.165, 1.54) is 12.4 Å². The van der Waals surface area contributed by atoms with Gasteiger partial charge < -0.3 is 4.90 Å². The quantitative estimate of drug-likeness (QED) is 0.541. The molecular weight excluding hydrogens is 417 g/mol. The minimum absolute atomic E-state index is 0.0482. The first-order valence-corrected chi connectivity index (χ1v) is 10.7. The van der Waals surface area contributed by atoms with Crippen LogP contribution in [0.4, 0.5) is 19.0 Å². The minimum atomic E-state index is -2.58. The molecule has 3 aliphatic rings. The summed E-state index contributed by atoms with van der Waals surface area (Å²) in [5, 5.41) is 8.41. The highest BCUT2D eigenvalue weighted by Gasteiger charge is 2.44. The van der Waals surface area contributed by atoms with E-state index in [9.17, 15) is 8.78 Å². The van der Waals surface area contributed by atoms with E-state index in [1.807, 2.05) is 12.3 Å². The largest absolute Gasteiger partial charge is 0.347 e. The van der Waals surface area contributed by atoms with Crippen LogP contribution >= 0.6 is 0 Å². The molecule has 0 radical (unpaired) electrons. The van der Waals surface area contributed by atoms with Gasteiger partial charge in [0.05, 0.1) is 16.9 Å². The SMILES string of the molecule is Fc1cccc2c1c(N1CCCC3C(C#CC4CC(F)(F)C4)=CN=CC31)nc1nncn12. The highest BCUT2D eigenvalue weighted by molar-refractivity contribution is 5.93. The van der Waals surface area contributed by atoms with Crippen molar-refractivity contribution in [2.75, 3.05) is 11.4 Å². The van der Waals surface area contributed by atoms with Crippen molar-refractivity contribution in [3.05, 3.63) is 42.1 Å². The van der Waals surface area contributed by atoms with E-state index in [0.29, 0.717) is 29.0 Å². The molecule has 1 saturated carbocycles. The van der Waals surface area contributed by atoms with Gasteiger partial charge in [0.2, 0.25) is 0 Å². The summed E-state index contributed by atoms with van der Waals surface area (Å²) in [6.07, 6.45) is 6.49. The molecule has 2 atom stereocenters. The molecule has 0 amide bonds. The van der Waals surface area contributed by atoms with E-state index in [0.717, 1.165) is 18.4 Å². The van der Waals surface area contributed by atoms with Crippen LogP contribution in [0.25, 0.3) is 16.7 Å². The number of aliphatic imine (C=N–C) groups is 1. The van der Waals surface area contributed by atoms with Crippen molar-refractivity contribution < 1.29 is 13.2 Å². The average molecular weight is 436 g/mol. The summed E-state index contributed by atoms with van der Waals surface area (Å²) >= 11 is 0. The number of aromatic nitrogens is 4. The molecule has 0 N–H and O–H groups in total.